The summed E-state index contributed by atoms with van der Waals surface area (Å²) in [6.45, 7) is 0. The summed E-state index contributed by atoms with van der Waals surface area (Å²) in [4.78, 5) is 2.73. The lowest BCUT2D eigenvalue weighted by Crippen LogP contribution is -2.10. The number of pyridine rings is 1. The van der Waals surface area contributed by atoms with Crippen LogP contribution < -0.4 is 10.7 Å². The first kappa shape index (κ1) is 6.83. The first-order valence-corrected chi connectivity index (χ1v) is 3.50. The second-order valence-corrected chi connectivity index (χ2v) is 2.81. The number of aromatic amines is 1. The Morgan fingerprint density at radius 3 is 2.67 bits per heavy atom. The Kier molecular flexibility index (Phi) is 1.93. The Morgan fingerprint density at radius 1 is 1.56 bits per heavy atom. The van der Waals surface area contributed by atoms with Crippen molar-refractivity contribution in [3.8, 4) is 0 Å². The molecule has 0 amide bonds. The smallest absolute Gasteiger partial charge is 0.271 e. The van der Waals surface area contributed by atoms with Crippen LogP contribution in [-0.2, 0) is 0 Å². The maximum Gasteiger partial charge on any atom is 0.271 e. The highest BCUT2D eigenvalue weighted by Crippen LogP contribution is 2.16. The van der Waals surface area contributed by atoms with E-state index in [1.54, 1.807) is 12.1 Å². The SMILES string of the molecule is Nc1ccc(Br)c(Cl)[nH+]1. The summed E-state index contributed by atoms with van der Waals surface area (Å²) < 4.78 is 0.818. The first-order valence-electron chi connectivity index (χ1n) is 2.33. The van der Waals surface area contributed by atoms with Gasteiger partial charge in [-0.1, -0.05) is 0 Å². The number of rotatable bonds is 0. The molecule has 2 nitrogen and oxygen atoms in total. The Bertz CT molecular complexity index is 226. The summed E-state index contributed by atoms with van der Waals surface area (Å²) in [5, 5.41) is 0.523. The molecular formula is C5H5BrClN2+. The van der Waals surface area contributed by atoms with Crippen molar-refractivity contribution in [2.45, 2.75) is 0 Å². The lowest BCUT2D eigenvalue weighted by molar-refractivity contribution is -0.358. The molecule has 0 aliphatic heterocycles. The highest BCUT2D eigenvalue weighted by atomic mass is 79.9. The minimum absolute atomic E-state index is 0.523. The molecule has 9 heavy (non-hydrogen) atoms. The van der Waals surface area contributed by atoms with E-state index in [0.29, 0.717) is 11.0 Å². The lowest BCUT2D eigenvalue weighted by Gasteiger charge is -1.89. The summed E-state index contributed by atoms with van der Waals surface area (Å²) in [6, 6.07) is 3.52. The zero-order chi connectivity index (χ0) is 6.85. The molecule has 1 aromatic rings. The van der Waals surface area contributed by atoms with Crippen LogP contribution in [0.2, 0.25) is 5.15 Å². The first-order chi connectivity index (χ1) is 4.20. The van der Waals surface area contributed by atoms with Gasteiger partial charge in [0.25, 0.3) is 5.82 Å². The van der Waals surface area contributed by atoms with Gasteiger partial charge in [-0.3, -0.25) is 5.73 Å². The summed E-state index contributed by atoms with van der Waals surface area (Å²) in [5.41, 5.74) is 5.37. The van der Waals surface area contributed by atoms with Crippen LogP contribution in [-0.4, -0.2) is 0 Å². The van der Waals surface area contributed by atoms with Crippen LogP contribution in [0.4, 0.5) is 5.82 Å². The number of nitrogen functional groups attached to an aromatic ring is 1. The molecule has 0 radical (unpaired) electrons. The van der Waals surface area contributed by atoms with Gasteiger partial charge in [0, 0.05) is 6.07 Å². The van der Waals surface area contributed by atoms with Gasteiger partial charge >= 0.3 is 0 Å². The monoisotopic (exact) mass is 207 g/mol. The van der Waals surface area contributed by atoms with Crippen molar-refractivity contribution < 1.29 is 4.98 Å². The molecule has 0 aliphatic rings. The molecule has 0 unspecified atom stereocenters. The van der Waals surface area contributed by atoms with Gasteiger partial charge in [-0.15, -0.1) is 0 Å². The molecule has 48 valence electrons. The van der Waals surface area contributed by atoms with E-state index in [0.717, 1.165) is 4.47 Å². The van der Waals surface area contributed by atoms with E-state index in [9.17, 15) is 0 Å². The van der Waals surface area contributed by atoms with Gasteiger partial charge in [0.1, 0.15) is 0 Å². The van der Waals surface area contributed by atoms with Gasteiger partial charge in [0.2, 0.25) is 5.15 Å². The Morgan fingerprint density at radius 2 is 2.22 bits per heavy atom. The van der Waals surface area contributed by atoms with E-state index in [-0.39, 0.29) is 0 Å². The van der Waals surface area contributed by atoms with Crippen LogP contribution >= 0.6 is 27.5 Å². The van der Waals surface area contributed by atoms with E-state index in [2.05, 4.69) is 20.9 Å². The average molecular weight is 208 g/mol. The van der Waals surface area contributed by atoms with Crippen LogP contribution in [0.1, 0.15) is 0 Å². The third kappa shape index (κ3) is 1.56. The molecule has 4 heteroatoms. The number of hydrogen-bond donors (Lipinski definition) is 1. The fraction of sp³-hybridized carbons (Fsp3) is 0. The molecule has 1 rings (SSSR count). The maximum absolute atomic E-state index is 5.63. The number of H-pyrrole nitrogens is 1. The van der Waals surface area contributed by atoms with Gasteiger partial charge in [-0.2, -0.15) is 0 Å². The molecule has 0 bridgehead atoms. The molecule has 0 fully saturated rings. The van der Waals surface area contributed by atoms with E-state index in [4.69, 9.17) is 17.3 Å². The van der Waals surface area contributed by atoms with Crippen LogP contribution in [0, 0.1) is 0 Å². The van der Waals surface area contributed by atoms with Crippen molar-refractivity contribution in [3.05, 3.63) is 21.8 Å². The van der Waals surface area contributed by atoms with Crippen LogP contribution in [0.15, 0.2) is 16.6 Å². The van der Waals surface area contributed by atoms with Crippen molar-refractivity contribution in [2.75, 3.05) is 5.73 Å². The van der Waals surface area contributed by atoms with Crippen LogP contribution in [0.25, 0.3) is 0 Å². The van der Waals surface area contributed by atoms with E-state index in [1.807, 2.05) is 0 Å². The second-order valence-electron chi connectivity index (χ2n) is 1.58. The van der Waals surface area contributed by atoms with E-state index >= 15 is 0 Å². The van der Waals surface area contributed by atoms with Crippen LogP contribution in [0.5, 0.6) is 0 Å². The highest BCUT2D eigenvalue weighted by molar-refractivity contribution is 9.10. The standard InChI is InChI=1S/C5H4BrClN2/c6-3-1-2-4(8)9-5(3)7/h1-2H,(H2,8,9)/p+1. The van der Waals surface area contributed by atoms with Gasteiger partial charge in [0.15, 0.2) is 0 Å². The molecule has 1 heterocycles. The number of nitrogens with one attached hydrogen (secondary N) is 1. The van der Waals surface area contributed by atoms with Crippen LogP contribution in [0.3, 0.4) is 0 Å². The maximum atomic E-state index is 5.63. The fourth-order valence-corrected chi connectivity index (χ4v) is 0.868. The average Bonchev–Trinajstić information content (AvgIpc) is 1.80. The topological polar surface area (TPSA) is 40.2 Å². The van der Waals surface area contributed by atoms with E-state index < -0.39 is 0 Å². The Balaban J connectivity index is 3.17. The van der Waals surface area contributed by atoms with Gasteiger partial charge in [-0.05, 0) is 33.6 Å². The fourth-order valence-electron chi connectivity index (χ4n) is 0.464. The predicted molar refractivity (Wildman–Crippen MR) is 40.1 cm³/mol. The molecule has 3 N–H and O–H groups in total. The van der Waals surface area contributed by atoms with Crippen molar-refractivity contribution in [3.63, 3.8) is 0 Å². The van der Waals surface area contributed by atoms with Gasteiger partial charge < -0.3 is 0 Å². The number of anilines is 1. The number of hydrogen-bond acceptors (Lipinski definition) is 1. The van der Waals surface area contributed by atoms with E-state index in [1.165, 1.54) is 0 Å². The highest BCUT2D eigenvalue weighted by Gasteiger charge is 2.00. The normalized spacial score (nSPS) is 9.56. The number of nitrogens with two attached hydrogens (primary N) is 1. The third-order valence-electron chi connectivity index (χ3n) is 0.873. The molecule has 1 aromatic heterocycles. The Hall–Kier alpha value is -0.280. The number of halogens is 2. The van der Waals surface area contributed by atoms with Crippen molar-refractivity contribution in [1.29, 1.82) is 0 Å². The number of aromatic nitrogens is 1. The molecular weight excluding hydrogens is 203 g/mol. The molecule has 0 saturated carbocycles. The summed E-state index contributed by atoms with van der Waals surface area (Å²) >= 11 is 8.84. The molecule has 0 aliphatic carbocycles. The largest absolute Gasteiger partial charge is 0.287 e. The molecule has 0 atom stereocenters. The summed E-state index contributed by atoms with van der Waals surface area (Å²) in [6.07, 6.45) is 0. The minimum Gasteiger partial charge on any atom is -0.287 e. The summed E-state index contributed by atoms with van der Waals surface area (Å²) in [7, 11) is 0. The zero-order valence-corrected chi connectivity index (χ0v) is 6.83. The molecule has 0 aromatic carbocycles. The Labute approximate surface area is 66.2 Å². The lowest BCUT2D eigenvalue weighted by atomic mass is 10.5. The predicted octanol–water partition coefficient (Wildman–Crippen LogP) is 1.50. The second kappa shape index (κ2) is 2.54. The quantitative estimate of drug-likeness (QED) is 0.645. The zero-order valence-electron chi connectivity index (χ0n) is 4.49. The van der Waals surface area contributed by atoms with Gasteiger partial charge in [-0.25, -0.2) is 4.98 Å². The minimum atomic E-state index is 0.523. The molecule has 0 spiro atoms. The third-order valence-corrected chi connectivity index (χ3v) is 2.06. The van der Waals surface area contributed by atoms with Crippen molar-refractivity contribution in [2.24, 2.45) is 0 Å². The van der Waals surface area contributed by atoms with Crippen molar-refractivity contribution in [1.82, 2.24) is 0 Å². The van der Waals surface area contributed by atoms with Crippen molar-refractivity contribution >= 4 is 33.3 Å². The molecule has 0 saturated heterocycles. The summed E-state index contributed by atoms with van der Waals surface area (Å²) in [5.74, 6) is 0.559. The van der Waals surface area contributed by atoms with Gasteiger partial charge in [0.05, 0.1) is 4.47 Å².